The Bertz CT molecular complexity index is 1120. The Morgan fingerprint density at radius 3 is 2.31 bits per heavy atom. The van der Waals surface area contributed by atoms with Crippen LogP contribution >= 0.6 is 23.2 Å². The Labute approximate surface area is 175 Å². The third kappa shape index (κ3) is 4.23. The molecule has 0 aliphatic heterocycles. The number of halogens is 2. The first-order valence-electron chi connectivity index (χ1n) is 8.32. The van der Waals surface area contributed by atoms with Crippen LogP contribution in [0, 0.1) is 0 Å². The third-order valence-electron chi connectivity index (χ3n) is 4.11. The Kier molecular flexibility index (Phi) is 6.14. The average Bonchev–Trinajstić information content (AvgIpc) is 2.69. The topological polar surface area (TPSA) is 91.7 Å². The van der Waals surface area contributed by atoms with Crippen molar-refractivity contribution in [1.29, 1.82) is 0 Å². The van der Waals surface area contributed by atoms with E-state index < -0.39 is 11.5 Å². The molecule has 0 unspecified atom stereocenters. The molecule has 0 aliphatic carbocycles. The van der Waals surface area contributed by atoms with Gasteiger partial charge in [-0.05, 0) is 12.1 Å². The van der Waals surface area contributed by atoms with Crippen LogP contribution in [0.5, 0.6) is 17.2 Å². The SMILES string of the molecule is COc1cc(NC(=O)Cn2cnc3c(Cl)cc(Cl)cc3c2=O)cc(OC)c1OC. The van der Waals surface area contributed by atoms with Gasteiger partial charge >= 0.3 is 0 Å². The molecule has 0 saturated carbocycles. The van der Waals surface area contributed by atoms with Gasteiger partial charge in [-0.1, -0.05) is 23.2 Å². The highest BCUT2D eigenvalue weighted by Crippen LogP contribution is 2.39. The van der Waals surface area contributed by atoms with Gasteiger partial charge in [0.25, 0.3) is 5.56 Å². The van der Waals surface area contributed by atoms with Gasteiger partial charge in [0.2, 0.25) is 11.7 Å². The minimum Gasteiger partial charge on any atom is -0.493 e. The second-order valence-electron chi connectivity index (χ2n) is 5.92. The van der Waals surface area contributed by atoms with Gasteiger partial charge < -0.3 is 19.5 Å². The predicted octanol–water partition coefficient (Wildman–Crippen LogP) is 3.37. The molecule has 0 saturated heterocycles. The van der Waals surface area contributed by atoms with Gasteiger partial charge in [0, 0.05) is 22.8 Å². The van der Waals surface area contributed by atoms with Gasteiger partial charge in [0.1, 0.15) is 6.54 Å². The number of ether oxygens (including phenoxy) is 3. The van der Waals surface area contributed by atoms with E-state index in [4.69, 9.17) is 37.4 Å². The molecule has 1 heterocycles. The summed E-state index contributed by atoms with van der Waals surface area (Å²) in [6.45, 7) is -0.261. The summed E-state index contributed by atoms with van der Waals surface area (Å²) >= 11 is 12.0. The lowest BCUT2D eigenvalue weighted by atomic mass is 10.2. The second kappa shape index (κ2) is 8.59. The van der Waals surface area contributed by atoms with Crippen molar-refractivity contribution in [2.75, 3.05) is 26.6 Å². The van der Waals surface area contributed by atoms with E-state index in [2.05, 4.69) is 10.3 Å². The van der Waals surface area contributed by atoms with Gasteiger partial charge in [-0.25, -0.2) is 4.98 Å². The van der Waals surface area contributed by atoms with Crippen LogP contribution in [0.1, 0.15) is 0 Å². The van der Waals surface area contributed by atoms with Gasteiger partial charge in [0.15, 0.2) is 11.5 Å². The van der Waals surface area contributed by atoms with Crippen LogP contribution in [-0.2, 0) is 11.3 Å². The highest BCUT2D eigenvalue weighted by molar-refractivity contribution is 6.38. The quantitative estimate of drug-likeness (QED) is 0.635. The number of amides is 1. The van der Waals surface area contributed by atoms with Crippen molar-refractivity contribution in [3.05, 3.63) is 51.0 Å². The molecule has 2 aromatic carbocycles. The fourth-order valence-electron chi connectivity index (χ4n) is 2.82. The zero-order chi connectivity index (χ0) is 21.1. The zero-order valence-electron chi connectivity index (χ0n) is 15.8. The summed E-state index contributed by atoms with van der Waals surface area (Å²) in [6, 6.07) is 6.13. The summed E-state index contributed by atoms with van der Waals surface area (Å²) in [5, 5.41) is 3.49. The first-order valence-corrected chi connectivity index (χ1v) is 9.07. The maximum absolute atomic E-state index is 12.7. The molecular formula is C19H17Cl2N3O5. The van der Waals surface area contributed by atoms with Gasteiger partial charge in [-0.3, -0.25) is 14.2 Å². The number of carbonyl (C=O) groups is 1. The molecule has 0 atom stereocenters. The molecule has 3 rings (SSSR count). The van der Waals surface area contributed by atoms with Crippen LogP contribution in [-0.4, -0.2) is 36.8 Å². The monoisotopic (exact) mass is 437 g/mol. The number of rotatable bonds is 6. The molecule has 0 radical (unpaired) electrons. The number of fused-ring (bicyclic) bond motifs is 1. The van der Waals surface area contributed by atoms with E-state index in [1.165, 1.54) is 44.4 Å². The lowest BCUT2D eigenvalue weighted by Crippen LogP contribution is -2.28. The number of benzene rings is 2. The van der Waals surface area contributed by atoms with Crippen LogP contribution in [0.25, 0.3) is 10.9 Å². The molecule has 0 fully saturated rings. The van der Waals surface area contributed by atoms with Crippen molar-refractivity contribution in [3.8, 4) is 17.2 Å². The van der Waals surface area contributed by atoms with Gasteiger partial charge in [-0.2, -0.15) is 0 Å². The summed E-state index contributed by atoms with van der Waals surface area (Å²) in [5.74, 6) is 0.722. The zero-order valence-corrected chi connectivity index (χ0v) is 17.3. The smallest absolute Gasteiger partial charge is 0.261 e. The van der Waals surface area contributed by atoms with Crippen molar-refractivity contribution >= 4 is 45.7 Å². The summed E-state index contributed by atoms with van der Waals surface area (Å²) in [7, 11) is 4.43. The molecular weight excluding hydrogens is 421 g/mol. The summed E-state index contributed by atoms with van der Waals surface area (Å²) in [4.78, 5) is 29.3. The Balaban J connectivity index is 1.88. The highest BCUT2D eigenvalue weighted by Gasteiger charge is 2.16. The van der Waals surface area contributed by atoms with Crippen LogP contribution < -0.4 is 25.1 Å². The summed E-state index contributed by atoms with van der Waals surface area (Å²) in [5.41, 5.74) is 0.305. The first kappa shape index (κ1) is 20.8. The van der Waals surface area contributed by atoms with Crippen LogP contribution in [0.15, 0.2) is 35.4 Å². The minimum absolute atomic E-state index is 0.227. The van der Waals surface area contributed by atoms with Gasteiger partial charge in [-0.15, -0.1) is 0 Å². The number of anilines is 1. The maximum Gasteiger partial charge on any atom is 0.261 e. The molecule has 29 heavy (non-hydrogen) atoms. The first-order chi connectivity index (χ1) is 13.9. The standard InChI is InChI=1S/C19H17Cl2N3O5/c1-27-14-6-11(7-15(28-2)18(14)29-3)23-16(25)8-24-9-22-17-12(19(24)26)4-10(20)5-13(17)21/h4-7,9H,8H2,1-3H3,(H,23,25). The molecule has 0 aliphatic rings. The number of hydrogen-bond acceptors (Lipinski definition) is 6. The molecule has 8 nitrogen and oxygen atoms in total. The summed E-state index contributed by atoms with van der Waals surface area (Å²) in [6.07, 6.45) is 1.26. The number of nitrogens with one attached hydrogen (secondary N) is 1. The molecule has 1 amide bonds. The molecule has 10 heteroatoms. The number of carbonyl (C=O) groups excluding carboxylic acids is 1. The van der Waals surface area contributed by atoms with Crippen LogP contribution in [0.3, 0.4) is 0 Å². The van der Waals surface area contributed by atoms with Crippen LogP contribution in [0.4, 0.5) is 5.69 Å². The number of methoxy groups -OCH3 is 3. The Morgan fingerprint density at radius 2 is 1.72 bits per heavy atom. The van der Waals surface area contributed by atoms with Crippen molar-refractivity contribution in [3.63, 3.8) is 0 Å². The van der Waals surface area contributed by atoms with Crippen molar-refractivity contribution < 1.29 is 19.0 Å². The average molecular weight is 438 g/mol. The minimum atomic E-state index is -0.448. The summed E-state index contributed by atoms with van der Waals surface area (Å²) < 4.78 is 16.9. The Hall–Kier alpha value is -2.97. The van der Waals surface area contributed by atoms with E-state index in [-0.39, 0.29) is 17.0 Å². The normalized spacial score (nSPS) is 10.7. The van der Waals surface area contributed by atoms with E-state index in [1.807, 2.05) is 0 Å². The number of aromatic nitrogens is 2. The predicted molar refractivity (Wildman–Crippen MR) is 111 cm³/mol. The Morgan fingerprint density at radius 1 is 1.07 bits per heavy atom. The maximum atomic E-state index is 12.7. The fourth-order valence-corrected chi connectivity index (χ4v) is 3.36. The van der Waals surface area contributed by atoms with Crippen molar-refractivity contribution in [2.24, 2.45) is 0 Å². The molecule has 1 aromatic heterocycles. The van der Waals surface area contributed by atoms with E-state index in [0.717, 1.165) is 0 Å². The van der Waals surface area contributed by atoms with Gasteiger partial charge in [0.05, 0.1) is 43.6 Å². The molecule has 0 spiro atoms. The van der Waals surface area contributed by atoms with E-state index >= 15 is 0 Å². The fraction of sp³-hybridized carbons (Fsp3) is 0.211. The molecule has 0 bridgehead atoms. The third-order valence-corrected chi connectivity index (χ3v) is 4.61. The molecule has 152 valence electrons. The van der Waals surface area contributed by atoms with E-state index in [0.29, 0.717) is 33.5 Å². The second-order valence-corrected chi connectivity index (χ2v) is 6.77. The largest absolute Gasteiger partial charge is 0.493 e. The lowest BCUT2D eigenvalue weighted by Gasteiger charge is -2.15. The highest BCUT2D eigenvalue weighted by atomic mass is 35.5. The molecule has 3 aromatic rings. The van der Waals surface area contributed by atoms with Crippen molar-refractivity contribution in [2.45, 2.75) is 6.54 Å². The van der Waals surface area contributed by atoms with Crippen LogP contribution in [0.2, 0.25) is 10.0 Å². The number of hydrogen-bond donors (Lipinski definition) is 1. The van der Waals surface area contributed by atoms with Crippen molar-refractivity contribution in [1.82, 2.24) is 9.55 Å². The number of nitrogens with zero attached hydrogens (tertiary/aromatic N) is 2. The molecule has 1 N–H and O–H groups in total. The van der Waals surface area contributed by atoms with E-state index in [1.54, 1.807) is 12.1 Å². The lowest BCUT2D eigenvalue weighted by molar-refractivity contribution is -0.116. The van der Waals surface area contributed by atoms with E-state index in [9.17, 15) is 9.59 Å².